The molecule has 2 unspecified atom stereocenters. The number of morpholine rings is 1. The lowest BCUT2D eigenvalue weighted by atomic mass is 10.1. The van der Waals surface area contributed by atoms with Crippen molar-refractivity contribution in [1.29, 1.82) is 0 Å². The molecule has 1 saturated heterocycles. The number of rotatable bonds is 7. The minimum Gasteiger partial charge on any atom is -0.373 e. The van der Waals surface area contributed by atoms with E-state index < -0.39 is 0 Å². The Morgan fingerprint density at radius 2 is 1.62 bits per heavy atom. The summed E-state index contributed by atoms with van der Waals surface area (Å²) in [5.41, 5.74) is 4.00. The summed E-state index contributed by atoms with van der Waals surface area (Å²) in [7, 11) is 1.82. The molecular weight excluding hydrogens is 360 g/mol. The van der Waals surface area contributed by atoms with Crippen LogP contribution in [0, 0.1) is 0 Å². The van der Waals surface area contributed by atoms with E-state index in [9.17, 15) is 0 Å². The Balaban J connectivity index is 1.51. The molecule has 0 aliphatic carbocycles. The van der Waals surface area contributed by atoms with E-state index >= 15 is 0 Å². The van der Waals surface area contributed by atoms with Crippen molar-refractivity contribution >= 4 is 5.96 Å². The first-order chi connectivity index (χ1) is 14.1. The maximum Gasteiger partial charge on any atom is 0.191 e. The molecule has 29 heavy (non-hydrogen) atoms. The number of hydrogen-bond acceptors (Lipinski definition) is 3. The molecule has 1 heterocycles. The molecule has 1 aliphatic rings. The number of ether oxygens (including phenoxy) is 1. The van der Waals surface area contributed by atoms with Crippen LogP contribution in [0.1, 0.15) is 30.5 Å². The minimum absolute atomic E-state index is 0.289. The van der Waals surface area contributed by atoms with Gasteiger partial charge in [-0.05, 0) is 37.0 Å². The summed E-state index contributed by atoms with van der Waals surface area (Å²) in [6.07, 6.45) is 1.55. The summed E-state index contributed by atoms with van der Waals surface area (Å²) in [6, 6.07) is 19.2. The van der Waals surface area contributed by atoms with Crippen LogP contribution in [0.3, 0.4) is 0 Å². The molecule has 1 aliphatic heterocycles. The topological polar surface area (TPSA) is 48.9 Å². The second-order valence-corrected chi connectivity index (χ2v) is 7.81. The van der Waals surface area contributed by atoms with Crippen molar-refractivity contribution in [2.45, 2.75) is 45.6 Å². The average molecular weight is 395 g/mol. The Morgan fingerprint density at radius 3 is 2.31 bits per heavy atom. The van der Waals surface area contributed by atoms with E-state index in [1.54, 1.807) is 0 Å². The van der Waals surface area contributed by atoms with Gasteiger partial charge >= 0.3 is 0 Å². The lowest BCUT2D eigenvalue weighted by Gasteiger charge is -2.35. The molecule has 0 amide bonds. The molecular formula is C24H34N4O. The van der Waals surface area contributed by atoms with Gasteiger partial charge in [-0.2, -0.15) is 0 Å². The second-order valence-electron chi connectivity index (χ2n) is 7.81. The van der Waals surface area contributed by atoms with E-state index in [-0.39, 0.29) is 12.2 Å². The molecule has 1 fully saturated rings. The maximum absolute atomic E-state index is 5.87. The highest BCUT2D eigenvalue weighted by Gasteiger charge is 2.22. The number of nitrogens with zero attached hydrogens (tertiary/aromatic N) is 2. The fourth-order valence-corrected chi connectivity index (χ4v) is 3.91. The van der Waals surface area contributed by atoms with Gasteiger partial charge in [0.25, 0.3) is 0 Å². The largest absolute Gasteiger partial charge is 0.373 e. The van der Waals surface area contributed by atoms with Gasteiger partial charge in [-0.1, -0.05) is 54.6 Å². The molecule has 2 N–H and O–H groups in total. The Hall–Kier alpha value is -2.37. The van der Waals surface area contributed by atoms with E-state index in [2.05, 4.69) is 82.9 Å². The SMILES string of the molecule is CN=C(NCCc1ccccc1)NCc1ccccc1CN1CC(C)OC(C)C1. The van der Waals surface area contributed by atoms with Crippen molar-refractivity contribution in [2.75, 3.05) is 26.7 Å². The zero-order chi connectivity index (χ0) is 20.5. The van der Waals surface area contributed by atoms with Gasteiger partial charge in [-0.25, -0.2) is 0 Å². The lowest BCUT2D eigenvalue weighted by Crippen LogP contribution is -2.45. The quantitative estimate of drug-likeness (QED) is 0.559. The van der Waals surface area contributed by atoms with Crippen LogP contribution in [0.25, 0.3) is 0 Å². The highest BCUT2D eigenvalue weighted by atomic mass is 16.5. The molecule has 0 spiro atoms. The number of guanidine groups is 1. The molecule has 5 heteroatoms. The smallest absolute Gasteiger partial charge is 0.191 e. The Kier molecular flexibility index (Phi) is 8.08. The van der Waals surface area contributed by atoms with Crippen LogP contribution >= 0.6 is 0 Å². The van der Waals surface area contributed by atoms with Crippen LogP contribution < -0.4 is 10.6 Å². The summed E-state index contributed by atoms with van der Waals surface area (Å²) >= 11 is 0. The van der Waals surface area contributed by atoms with Crippen molar-refractivity contribution in [1.82, 2.24) is 15.5 Å². The number of hydrogen-bond donors (Lipinski definition) is 2. The first-order valence-electron chi connectivity index (χ1n) is 10.6. The molecule has 156 valence electrons. The molecule has 3 rings (SSSR count). The van der Waals surface area contributed by atoms with E-state index in [1.807, 2.05) is 13.1 Å². The van der Waals surface area contributed by atoms with Gasteiger partial charge in [0.05, 0.1) is 12.2 Å². The zero-order valence-electron chi connectivity index (χ0n) is 17.9. The normalized spacial score (nSPS) is 20.4. The fourth-order valence-electron chi connectivity index (χ4n) is 3.91. The van der Waals surface area contributed by atoms with E-state index in [1.165, 1.54) is 16.7 Å². The molecule has 0 bridgehead atoms. The van der Waals surface area contributed by atoms with Gasteiger partial charge in [0.2, 0.25) is 0 Å². The van der Waals surface area contributed by atoms with Gasteiger partial charge in [-0.3, -0.25) is 9.89 Å². The van der Waals surface area contributed by atoms with Gasteiger partial charge in [0.1, 0.15) is 0 Å². The van der Waals surface area contributed by atoms with E-state index in [4.69, 9.17) is 4.74 Å². The summed E-state index contributed by atoms with van der Waals surface area (Å²) in [6.45, 7) is 8.84. The standard InChI is InChI=1S/C24H34N4O/c1-19-16-28(17-20(2)29-19)18-23-12-8-7-11-22(23)15-27-24(25-3)26-14-13-21-9-5-4-6-10-21/h4-12,19-20H,13-18H2,1-3H3,(H2,25,26,27). The summed E-state index contributed by atoms with van der Waals surface area (Å²) in [5.74, 6) is 0.837. The van der Waals surface area contributed by atoms with Crippen molar-refractivity contribution in [2.24, 2.45) is 4.99 Å². The third-order valence-electron chi connectivity index (χ3n) is 5.23. The van der Waals surface area contributed by atoms with Crippen molar-refractivity contribution in [3.05, 3.63) is 71.3 Å². The summed E-state index contributed by atoms with van der Waals surface area (Å²) in [4.78, 5) is 6.86. The highest BCUT2D eigenvalue weighted by Crippen LogP contribution is 2.17. The number of aliphatic imine (C=N–C) groups is 1. The zero-order valence-corrected chi connectivity index (χ0v) is 17.9. The third-order valence-corrected chi connectivity index (χ3v) is 5.23. The van der Waals surface area contributed by atoms with Gasteiger partial charge in [0, 0.05) is 39.8 Å². The predicted molar refractivity (Wildman–Crippen MR) is 120 cm³/mol. The van der Waals surface area contributed by atoms with Crippen molar-refractivity contribution < 1.29 is 4.74 Å². The van der Waals surface area contributed by atoms with Crippen LogP contribution in [0.4, 0.5) is 0 Å². The monoisotopic (exact) mass is 394 g/mol. The molecule has 5 nitrogen and oxygen atoms in total. The molecule has 0 saturated carbocycles. The van der Waals surface area contributed by atoms with Crippen LogP contribution in [0.15, 0.2) is 59.6 Å². The lowest BCUT2D eigenvalue weighted by molar-refractivity contribution is -0.0705. The van der Waals surface area contributed by atoms with E-state index in [0.717, 1.165) is 45.1 Å². The minimum atomic E-state index is 0.289. The molecule has 2 aromatic carbocycles. The van der Waals surface area contributed by atoms with Gasteiger partial charge in [0.15, 0.2) is 5.96 Å². The molecule has 2 atom stereocenters. The average Bonchev–Trinajstić information content (AvgIpc) is 2.71. The summed E-state index contributed by atoms with van der Waals surface area (Å²) < 4.78 is 5.87. The Bertz CT molecular complexity index is 767. The van der Waals surface area contributed by atoms with Crippen LogP contribution in [-0.4, -0.2) is 49.7 Å². The number of nitrogens with one attached hydrogen (secondary N) is 2. The Morgan fingerprint density at radius 1 is 0.966 bits per heavy atom. The first-order valence-corrected chi connectivity index (χ1v) is 10.6. The second kappa shape index (κ2) is 11.0. The van der Waals surface area contributed by atoms with Crippen molar-refractivity contribution in [3.63, 3.8) is 0 Å². The first kappa shape index (κ1) is 21.3. The predicted octanol–water partition coefficient (Wildman–Crippen LogP) is 3.20. The molecule has 0 radical (unpaired) electrons. The number of benzene rings is 2. The van der Waals surface area contributed by atoms with Crippen LogP contribution in [-0.2, 0) is 24.2 Å². The van der Waals surface area contributed by atoms with Crippen LogP contribution in [0.5, 0.6) is 0 Å². The maximum atomic E-state index is 5.87. The van der Waals surface area contributed by atoms with Crippen LogP contribution in [0.2, 0.25) is 0 Å². The van der Waals surface area contributed by atoms with E-state index in [0.29, 0.717) is 0 Å². The van der Waals surface area contributed by atoms with Gasteiger partial charge in [-0.15, -0.1) is 0 Å². The third kappa shape index (κ3) is 6.87. The fraction of sp³-hybridized carbons (Fsp3) is 0.458. The summed E-state index contributed by atoms with van der Waals surface area (Å²) in [5, 5.41) is 6.88. The molecule has 2 aromatic rings. The van der Waals surface area contributed by atoms with Crippen molar-refractivity contribution in [3.8, 4) is 0 Å². The Labute approximate surface area is 175 Å². The van der Waals surface area contributed by atoms with Gasteiger partial charge < -0.3 is 15.4 Å². The highest BCUT2D eigenvalue weighted by molar-refractivity contribution is 5.79. The molecule has 0 aromatic heterocycles.